The second-order valence-electron chi connectivity index (χ2n) is 3.94. The van der Waals surface area contributed by atoms with Crippen LogP contribution < -0.4 is 0 Å². The van der Waals surface area contributed by atoms with Crippen molar-refractivity contribution in [3.05, 3.63) is 30.3 Å². The lowest BCUT2D eigenvalue weighted by Crippen LogP contribution is -2.26. The Hall–Kier alpha value is -0.980. The average molecular weight is 165 g/mol. The maximum absolute atomic E-state index is 3.09. The van der Waals surface area contributed by atoms with Crippen LogP contribution in [0, 0.1) is 0 Å². The van der Waals surface area contributed by atoms with Crippen LogP contribution in [0.3, 0.4) is 0 Å². The van der Waals surface area contributed by atoms with Gasteiger partial charge in [0.05, 0.1) is 0 Å². The zero-order valence-electron chi connectivity index (χ0n) is 8.29. The lowest BCUT2D eigenvalue weighted by molar-refractivity contribution is -0.124. The summed E-state index contributed by atoms with van der Waals surface area (Å²) in [5.74, 6) is 1.19. The monoisotopic (exact) mass is 165 g/mol. The van der Waals surface area contributed by atoms with Crippen molar-refractivity contribution in [1.82, 2.24) is 0 Å². The molecule has 0 unspecified atom stereocenters. The van der Waals surface area contributed by atoms with Gasteiger partial charge in [-0.25, -0.2) is 0 Å². The molecule has 0 fully saturated rings. The molecule has 0 saturated heterocycles. The Kier molecular flexibility index (Phi) is 2.41. The normalized spacial score (nSPS) is 11.3. The van der Waals surface area contributed by atoms with Gasteiger partial charge in [-0.15, -0.1) is 0 Å². The van der Waals surface area contributed by atoms with Gasteiger partial charge in [-0.05, 0) is 0 Å². The van der Waals surface area contributed by atoms with Crippen molar-refractivity contribution in [2.75, 3.05) is 7.11 Å². The van der Waals surface area contributed by atoms with Gasteiger partial charge in [-0.1, -0.05) is 18.2 Å². The molecule has 0 aliphatic carbocycles. The Labute approximate surface area is 74.7 Å². The van der Waals surface area contributed by atoms with Crippen LogP contribution in [0.25, 0.3) is 0 Å². The zero-order chi connectivity index (χ0) is 9.19. The predicted octanol–water partition coefficient (Wildman–Crippen LogP) is 3.38. The van der Waals surface area contributed by atoms with Gasteiger partial charge in [0.25, 0.3) is 5.75 Å². The third-order valence-corrected chi connectivity index (χ3v) is 2.02. The molecule has 0 heterocycles. The highest BCUT2D eigenvalue weighted by molar-refractivity contribution is 5.22. The third-order valence-electron chi connectivity index (χ3n) is 2.02. The average Bonchev–Trinajstić information content (AvgIpc) is 2.03. The van der Waals surface area contributed by atoms with Crippen molar-refractivity contribution in [2.45, 2.75) is 26.4 Å². The van der Waals surface area contributed by atoms with Crippen molar-refractivity contribution >= 4 is 0 Å². The molecule has 0 aliphatic heterocycles. The van der Waals surface area contributed by atoms with E-state index in [1.807, 2.05) is 25.3 Å². The highest BCUT2D eigenvalue weighted by Gasteiger charge is 2.23. The summed E-state index contributed by atoms with van der Waals surface area (Å²) in [6, 6.07) is 10.3. The van der Waals surface area contributed by atoms with Gasteiger partial charge in [0.2, 0.25) is 0 Å². The molecule has 0 radical (unpaired) electrons. The Bertz CT molecular complexity index is 233. The van der Waals surface area contributed by atoms with Crippen molar-refractivity contribution in [1.29, 1.82) is 0 Å². The lowest BCUT2D eigenvalue weighted by atomic mass is 10.2. The lowest BCUT2D eigenvalue weighted by Gasteiger charge is -2.32. The summed E-state index contributed by atoms with van der Waals surface area (Å²) in [6.45, 7) is 6.51. The minimum absolute atomic E-state index is 0.112. The van der Waals surface area contributed by atoms with Gasteiger partial charge in [-0.2, -0.15) is 0 Å². The minimum atomic E-state index is 0.112. The first-order chi connectivity index (χ1) is 5.52. The number of para-hydroxylation sites is 1. The first kappa shape index (κ1) is 9.11. The molecule has 0 spiro atoms. The van der Waals surface area contributed by atoms with Crippen molar-refractivity contribution in [2.24, 2.45) is 0 Å². The highest BCUT2D eigenvalue weighted by atomic mass is 16.7. The van der Waals surface area contributed by atoms with Gasteiger partial charge in [0.1, 0.15) is 0 Å². The van der Waals surface area contributed by atoms with Crippen LogP contribution in [0.1, 0.15) is 20.8 Å². The molecule has 0 atom stereocenters. The standard InChI is InChI=1S/C11H17O/c1-11(2,3)12(4)10-8-6-5-7-9-10/h5-9H,1-4H3/q+1. The minimum Gasteiger partial charge on any atom is -0.570 e. The first-order valence-corrected chi connectivity index (χ1v) is 4.23. The van der Waals surface area contributed by atoms with Gasteiger partial charge in [0.15, 0.2) is 12.7 Å². The molecule has 1 aromatic rings. The van der Waals surface area contributed by atoms with E-state index < -0.39 is 0 Å². The van der Waals surface area contributed by atoms with Crippen LogP contribution in [0.4, 0.5) is 0 Å². The van der Waals surface area contributed by atoms with E-state index in [1.54, 1.807) is 0 Å². The molecule has 0 saturated carbocycles. The van der Waals surface area contributed by atoms with Crippen LogP contribution in [0.5, 0.6) is 5.75 Å². The SMILES string of the molecule is C[O+](c1ccccc1)C(C)(C)C. The van der Waals surface area contributed by atoms with E-state index in [2.05, 4.69) is 37.3 Å². The Morgan fingerprint density at radius 1 is 1.00 bits per heavy atom. The van der Waals surface area contributed by atoms with E-state index in [9.17, 15) is 0 Å². The largest absolute Gasteiger partial charge is 0.570 e. The first-order valence-electron chi connectivity index (χ1n) is 4.23. The molecule has 1 nitrogen and oxygen atoms in total. The highest BCUT2D eigenvalue weighted by Crippen LogP contribution is 2.30. The molecule has 0 amide bonds. The molecule has 0 bridgehead atoms. The fraction of sp³-hybridized carbons (Fsp3) is 0.455. The van der Waals surface area contributed by atoms with Gasteiger partial charge < -0.3 is 4.37 Å². The number of benzene rings is 1. The third kappa shape index (κ3) is 2.00. The van der Waals surface area contributed by atoms with Crippen molar-refractivity contribution in [3.8, 4) is 5.75 Å². The summed E-state index contributed by atoms with van der Waals surface area (Å²) >= 11 is 0. The van der Waals surface area contributed by atoms with E-state index in [-0.39, 0.29) is 5.60 Å². The van der Waals surface area contributed by atoms with E-state index >= 15 is 0 Å². The van der Waals surface area contributed by atoms with Crippen LogP contribution in [-0.4, -0.2) is 12.7 Å². The molecule has 1 aromatic carbocycles. The van der Waals surface area contributed by atoms with Crippen molar-refractivity contribution < 1.29 is 4.37 Å². The fourth-order valence-corrected chi connectivity index (χ4v) is 0.978. The quantitative estimate of drug-likeness (QED) is 0.561. The smallest absolute Gasteiger partial charge is 0.255 e. The Balaban J connectivity index is 2.86. The molecule has 0 aliphatic rings. The summed E-state index contributed by atoms with van der Waals surface area (Å²) in [4.78, 5) is 0. The van der Waals surface area contributed by atoms with Gasteiger partial charge in [-0.3, -0.25) is 0 Å². The molecule has 12 heavy (non-hydrogen) atoms. The summed E-state index contributed by atoms with van der Waals surface area (Å²) in [6.07, 6.45) is 0. The van der Waals surface area contributed by atoms with Gasteiger partial charge in [0, 0.05) is 32.9 Å². The maximum atomic E-state index is 3.09. The molecule has 1 rings (SSSR count). The topological polar surface area (TPSA) is 2.70 Å². The summed E-state index contributed by atoms with van der Waals surface area (Å²) < 4.78 is 3.09. The molecule has 0 N–H and O–H groups in total. The van der Waals surface area contributed by atoms with E-state index in [1.165, 1.54) is 5.75 Å². The van der Waals surface area contributed by atoms with E-state index in [4.69, 9.17) is 0 Å². The zero-order valence-corrected chi connectivity index (χ0v) is 8.29. The maximum Gasteiger partial charge on any atom is 0.255 e. The second-order valence-corrected chi connectivity index (χ2v) is 3.94. The molecule has 0 aromatic heterocycles. The molecular weight excluding hydrogens is 148 g/mol. The summed E-state index contributed by atoms with van der Waals surface area (Å²) in [5, 5.41) is 0. The van der Waals surface area contributed by atoms with Crippen LogP contribution in [0.15, 0.2) is 30.3 Å². The second kappa shape index (κ2) is 3.18. The predicted molar refractivity (Wildman–Crippen MR) is 52.7 cm³/mol. The number of hydrogen-bond acceptors (Lipinski definition) is 0. The van der Waals surface area contributed by atoms with Crippen molar-refractivity contribution in [3.63, 3.8) is 0 Å². The fourth-order valence-electron chi connectivity index (χ4n) is 0.978. The van der Waals surface area contributed by atoms with Crippen LogP contribution in [-0.2, 0) is 4.37 Å². The number of rotatable bonds is 1. The molecule has 66 valence electrons. The van der Waals surface area contributed by atoms with Crippen LogP contribution >= 0.6 is 0 Å². The Morgan fingerprint density at radius 3 is 1.92 bits per heavy atom. The Morgan fingerprint density at radius 2 is 1.50 bits per heavy atom. The van der Waals surface area contributed by atoms with Crippen LogP contribution in [0.2, 0.25) is 0 Å². The van der Waals surface area contributed by atoms with E-state index in [0.29, 0.717) is 0 Å². The number of hydrogen-bond donors (Lipinski definition) is 0. The summed E-state index contributed by atoms with van der Waals surface area (Å²) in [7, 11) is 2.04. The van der Waals surface area contributed by atoms with Gasteiger partial charge >= 0.3 is 0 Å². The molecule has 1 heteroatoms. The summed E-state index contributed by atoms with van der Waals surface area (Å²) in [5.41, 5.74) is 0.112. The van der Waals surface area contributed by atoms with E-state index in [0.717, 1.165) is 0 Å². The molecular formula is C11H17O+.